The maximum absolute atomic E-state index is 12.2. The van der Waals surface area contributed by atoms with Crippen molar-refractivity contribution in [2.45, 2.75) is 33.3 Å². The zero-order valence-electron chi connectivity index (χ0n) is 16.5. The molecule has 29 heavy (non-hydrogen) atoms. The molecule has 0 radical (unpaired) electrons. The molecule has 0 saturated heterocycles. The fraction of sp³-hybridized carbons (Fsp3) is 0.261. The van der Waals surface area contributed by atoms with E-state index in [0.29, 0.717) is 16.7 Å². The van der Waals surface area contributed by atoms with Crippen molar-refractivity contribution >= 4 is 22.8 Å². The molecular formula is C23H23NO5. The number of benzene rings is 2. The first-order valence-corrected chi connectivity index (χ1v) is 9.53. The van der Waals surface area contributed by atoms with Gasteiger partial charge in [0.15, 0.2) is 0 Å². The highest BCUT2D eigenvalue weighted by Crippen LogP contribution is 2.20. The molecule has 0 atom stereocenters. The lowest BCUT2D eigenvalue weighted by molar-refractivity contribution is -0.144. The summed E-state index contributed by atoms with van der Waals surface area (Å²) in [5.74, 6) is -0.684. The SMILES string of the molecule is CCc1ccc2c(COC(=O)CCNC(=O)c3ccccc3C)cc(=O)oc2c1. The Morgan fingerprint density at radius 3 is 2.66 bits per heavy atom. The minimum atomic E-state index is -0.484. The number of ether oxygens (including phenoxy) is 1. The van der Waals surface area contributed by atoms with Crippen molar-refractivity contribution in [1.82, 2.24) is 5.32 Å². The van der Waals surface area contributed by atoms with Gasteiger partial charge in [-0.1, -0.05) is 37.3 Å². The molecule has 0 spiro atoms. The Bertz CT molecular complexity index is 1100. The molecule has 1 N–H and O–H groups in total. The zero-order chi connectivity index (χ0) is 20.8. The molecule has 3 rings (SSSR count). The van der Waals surface area contributed by atoms with Crippen LogP contribution in [0.25, 0.3) is 11.0 Å². The van der Waals surface area contributed by atoms with Gasteiger partial charge in [0.2, 0.25) is 0 Å². The van der Waals surface area contributed by atoms with Crippen molar-refractivity contribution in [2.75, 3.05) is 6.54 Å². The predicted molar refractivity (Wildman–Crippen MR) is 110 cm³/mol. The van der Waals surface area contributed by atoms with E-state index in [2.05, 4.69) is 5.32 Å². The molecule has 0 aliphatic carbocycles. The fourth-order valence-electron chi connectivity index (χ4n) is 3.05. The Kier molecular flexibility index (Phi) is 6.44. The Hall–Kier alpha value is -3.41. The first-order valence-electron chi connectivity index (χ1n) is 9.53. The summed E-state index contributed by atoms with van der Waals surface area (Å²) in [7, 11) is 0. The van der Waals surface area contributed by atoms with Crippen LogP contribution < -0.4 is 10.9 Å². The van der Waals surface area contributed by atoms with Gasteiger partial charge in [-0.05, 0) is 36.6 Å². The van der Waals surface area contributed by atoms with Gasteiger partial charge in [0.05, 0.1) is 6.42 Å². The van der Waals surface area contributed by atoms with Crippen LogP contribution in [0.15, 0.2) is 57.7 Å². The topological polar surface area (TPSA) is 85.6 Å². The largest absolute Gasteiger partial charge is 0.461 e. The summed E-state index contributed by atoms with van der Waals surface area (Å²) in [6.45, 7) is 4.01. The highest BCUT2D eigenvalue weighted by atomic mass is 16.5. The quantitative estimate of drug-likeness (QED) is 0.490. The molecule has 0 bridgehead atoms. The lowest BCUT2D eigenvalue weighted by Crippen LogP contribution is -2.27. The molecule has 3 aromatic rings. The second-order valence-electron chi connectivity index (χ2n) is 6.76. The Balaban J connectivity index is 1.56. The number of rotatable bonds is 7. The van der Waals surface area contributed by atoms with Gasteiger partial charge < -0.3 is 14.5 Å². The maximum atomic E-state index is 12.2. The van der Waals surface area contributed by atoms with Crippen molar-refractivity contribution in [3.63, 3.8) is 0 Å². The van der Waals surface area contributed by atoms with E-state index < -0.39 is 11.6 Å². The van der Waals surface area contributed by atoms with Crippen LogP contribution in [0.5, 0.6) is 0 Å². The van der Waals surface area contributed by atoms with E-state index in [9.17, 15) is 14.4 Å². The van der Waals surface area contributed by atoms with E-state index in [1.165, 1.54) is 6.07 Å². The van der Waals surface area contributed by atoms with Gasteiger partial charge in [-0.3, -0.25) is 9.59 Å². The minimum Gasteiger partial charge on any atom is -0.461 e. The average molecular weight is 393 g/mol. The predicted octanol–water partition coefficient (Wildman–Crippen LogP) is 3.53. The standard InChI is InChI=1S/C23H23NO5/c1-3-16-8-9-19-17(13-22(26)29-20(19)12-16)14-28-21(25)10-11-24-23(27)18-7-5-4-6-15(18)2/h4-9,12-13H,3,10-11,14H2,1-2H3,(H,24,27). The zero-order valence-corrected chi connectivity index (χ0v) is 16.5. The minimum absolute atomic E-state index is 0.0296. The third-order valence-corrected chi connectivity index (χ3v) is 4.70. The molecule has 0 saturated carbocycles. The molecule has 150 valence electrons. The maximum Gasteiger partial charge on any atom is 0.336 e. The lowest BCUT2D eigenvalue weighted by Gasteiger charge is -2.09. The monoisotopic (exact) mass is 393 g/mol. The van der Waals surface area contributed by atoms with Crippen LogP contribution in [0.2, 0.25) is 0 Å². The number of hydrogen-bond donors (Lipinski definition) is 1. The first kappa shape index (κ1) is 20.3. The number of carbonyl (C=O) groups excluding carboxylic acids is 2. The highest BCUT2D eigenvalue weighted by Gasteiger charge is 2.11. The Labute approximate surface area is 168 Å². The summed E-state index contributed by atoms with van der Waals surface area (Å²) in [5, 5.41) is 3.45. The number of esters is 1. The number of amides is 1. The summed E-state index contributed by atoms with van der Waals surface area (Å²) in [5.41, 5.74) is 3.09. The van der Waals surface area contributed by atoms with E-state index in [4.69, 9.17) is 9.15 Å². The molecule has 0 aliphatic heterocycles. The van der Waals surface area contributed by atoms with Crippen LogP contribution in [0.3, 0.4) is 0 Å². The van der Waals surface area contributed by atoms with Crippen molar-refractivity contribution < 1.29 is 18.7 Å². The normalized spacial score (nSPS) is 10.7. The molecule has 1 heterocycles. The summed E-state index contributed by atoms with van der Waals surface area (Å²) in [6, 6.07) is 14.2. The summed E-state index contributed by atoms with van der Waals surface area (Å²) < 4.78 is 10.5. The molecule has 1 amide bonds. The third-order valence-electron chi connectivity index (χ3n) is 4.70. The van der Waals surface area contributed by atoms with E-state index >= 15 is 0 Å². The fourth-order valence-corrected chi connectivity index (χ4v) is 3.05. The van der Waals surface area contributed by atoms with Gasteiger partial charge in [0.1, 0.15) is 12.2 Å². The van der Waals surface area contributed by atoms with Crippen molar-refractivity contribution in [3.8, 4) is 0 Å². The molecule has 0 aliphatic rings. The van der Waals surface area contributed by atoms with Gasteiger partial charge in [0, 0.05) is 29.1 Å². The summed E-state index contributed by atoms with van der Waals surface area (Å²) in [6.07, 6.45) is 0.865. The molecule has 0 fully saturated rings. The first-order chi connectivity index (χ1) is 14.0. The van der Waals surface area contributed by atoms with Gasteiger partial charge >= 0.3 is 11.6 Å². The Morgan fingerprint density at radius 2 is 1.90 bits per heavy atom. The molecule has 0 unspecified atom stereocenters. The number of hydrogen-bond acceptors (Lipinski definition) is 5. The van der Waals surface area contributed by atoms with Crippen molar-refractivity contribution in [1.29, 1.82) is 0 Å². The number of nitrogens with one attached hydrogen (secondary N) is 1. The molecule has 6 nitrogen and oxygen atoms in total. The van der Waals surface area contributed by atoms with Crippen molar-refractivity contribution in [3.05, 3.63) is 81.2 Å². The second-order valence-corrected chi connectivity index (χ2v) is 6.76. The van der Waals surface area contributed by atoms with Crippen LogP contribution in [0, 0.1) is 6.92 Å². The van der Waals surface area contributed by atoms with Gasteiger partial charge in [-0.25, -0.2) is 4.79 Å². The van der Waals surface area contributed by atoms with Crippen LogP contribution in [-0.4, -0.2) is 18.4 Å². The molecular weight excluding hydrogens is 370 g/mol. The van der Waals surface area contributed by atoms with E-state index in [0.717, 1.165) is 22.9 Å². The van der Waals surface area contributed by atoms with Gasteiger partial charge in [-0.15, -0.1) is 0 Å². The van der Waals surface area contributed by atoms with Gasteiger partial charge in [-0.2, -0.15) is 0 Å². The molecule has 2 aromatic carbocycles. The van der Waals surface area contributed by atoms with E-state index in [1.54, 1.807) is 12.1 Å². The smallest absolute Gasteiger partial charge is 0.336 e. The Morgan fingerprint density at radius 1 is 1.10 bits per heavy atom. The van der Waals surface area contributed by atoms with Crippen LogP contribution in [0.1, 0.15) is 40.4 Å². The van der Waals surface area contributed by atoms with Crippen molar-refractivity contribution in [2.24, 2.45) is 0 Å². The van der Waals surface area contributed by atoms with Crippen LogP contribution in [0.4, 0.5) is 0 Å². The lowest BCUT2D eigenvalue weighted by atomic mass is 10.1. The van der Waals surface area contributed by atoms with Gasteiger partial charge in [0.25, 0.3) is 5.91 Å². The third kappa shape index (κ3) is 5.10. The number of fused-ring (bicyclic) bond motifs is 1. The molecule has 6 heteroatoms. The summed E-state index contributed by atoms with van der Waals surface area (Å²) >= 11 is 0. The highest BCUT2D eigenvalue weighted by molar-refractivity contribution is 5.95. The van der Waals surface area contributed by atoms with E-state index in [1.807, 2.05) is 44.2 Å². The van der Waals surface area contributed by atoms with Crippen LogP contribution in [-0.2, 0) is 22.6 Å². The van der Waals surface area contributed by atoms with E-state index in [-0.39, 0.29) is 25.5 Å². The average Bonchev–Trinajstić information content (AvgIpc) is 2.71. The second kappa shape index (κ2) is 9.19. The molecule has 1 aromatic heterocycles. The number of carbonyl (C=O) groups is 2. The van der Waals surface area contributed by atoms with Crippen LogP contribution >= 0.6 is 0 Å². The number of aryl methyl sites for hydroxylation is 2. The summed E-state index contributed by atoms with van der Waals surface area (Å²) in [4.78, 5) is 36.0.